The molecule has 2 heterocycles. The number of hydrogen-bond acceptors (Lipinski definition) is 4. The molecule has 124 valence electrons. The minimum atomic E-state index is -0.255. The highest BCUT2D eigenvalue weighted by molar-refractivity contribution is 7.12. The summed E-state index contributed by atoms with van der Waals surface area (Å²) in [6.45, 7) is 2.10. The molecule has 0 unspecified atom stereocenters. The van der Waals surface area contributed by atoms with Crippen molar-refractivity contribution in [2.45, 2.75) is 19.3 Å². The van der Waals surface area contributed by atoms with Gasteiger partial charge in [0, 0.05) is 32.6 Å². The van der Waals surface area contributed by atoms with E-state index in [4.69, 9.17) is 0 Å². The van der Waals surface area contributed by atoms with Crippen LogP contribution >= 0.6 is 11.3 Å². The van der Waals surface area contributed by atoms with Gasteiger partial charge in [0.2, 0.25) is 11.8 Å². The summed E-state index contributed by atoms with van der Waals surface area (Å²) in [4.78, 5) is 38.2. The number of nitrogens with zero attached hydrogens (tertiary/aromatic N) is 1. The number of nitrogens with one attached hydrogen (secondary N) is 2. The molecule has 2 fully saturated rings. The van der Waals surface area contributed by atoms with Crippen molar-refractivity contribution in [2.75, 3.05) is 26.2 Å². The lowest BCUT2D eigenvalue weighted by Crippen LogP contribution is -2.38. The average Bonchev–Trinajstić information content (AvgIpc) is 3.04. The molecule has 23 heavy (non-hydrogen) atoms. The molecule has 3 rings (SSSR count). The Balaban J connectivity index is 1.34. The first-order valence-electron chi connectivity index (χ1n) is 8.00. The number of amides is 3. The number of rotatable bonds is 7. The fraction of sp³-hybridized carbons (Fsp3) is 0.562. The van der Waals surface area contributed by atoms with Gasteiger partial charge in [-0.2, -0.15) is 0 Å². The van der Waals surface area contributed by atoms with Crippen LogP contribution in [0.5, 0.6) is 0 Å². The van der Waals surface area contributed by atoms with Gasteiger partial charge in [0.1, 0.15) is 0 Å². The van der Waals surface area contributed by atoms with E-state index in [2.05, 4.69) is 10.6 Å². The van der Waals surface area contributed by atoms with Crippen LogP contribution in [0.15, 0.2) is 17.5 Å². The fourth-order valence-electron chi connectivity index (χ4n) is 2.74. The molecule has 1 aliphatic carbocycles. The Morgan fingerprint density at radius 1 is 1.26 bits per heavy atom. The zero-order chi connectivity index (χ0) is 16.2. The van der Waals surface area contributed by atoms with Crippen molar-refractivity contribution < 1.29 is 14.4 Å². The van der Waals surface area contributed by atoms with E-state index in [9.17, 15) is 14.4 Å². The summed E-state index contributed by atoms with van der Waals surface area (Å²) >= 11 is 1.38. The lowest BCUT2D eigenvalue weighted by Gasteiger charge is -2.16. The van der Waals surface area contributed by atoms with Crippen molar-refractivity contribution in [3.8, 4) is 0 Å². The van der Waals surface area contributed by atoms with E-state index in [1.54, 1.807) is 6.07 Å². The Labute approximate surface area is 139 Å². The smallest absolute Gasteiger partial charge is 0.261 e. The van der Waals surface area contributed by atoms with E-state index in [0.717, 1.165) is 6.54 Å². The van der Waals surface area contributed by atoms with E-state index < -0.39 is 0 Å². The second-order valence-corrected chi connectivity index (χ2v) is 7.12. The Bertz CT molecular complexity index is 583. The van der Waals surface area contributed by atoms with Gasteiger partial charge < -0.3 is 15.5 Å². The zero-order valence-corrected chi connectivity index (χ0v) is 13.7. The lowest BCUT2D eigenvalue weighted by molar-refractivity contribution is -0.129. The van der Waals surface area contributed by atoms with E-state index in [1.165, 1.54) is 24.2 Å². The van der Waals surface area contributed by atoms with Crippen molar-refractivity contribution in [2.24, 2.45) is 11.8 Å². The molecule has 1 aliphatic heterocycles. The van der Waals surface area contributed by atoms with E-state index >= 15 is 0 Å². The highest BCUT2D eigenvalue weighted by atomic mass is 32.1. The molecule has 6 nitrogen and oxygen atoms in total. The van der Waals surface area contributed by atoms with Crippen LogP contribution < -0.4 is 10.6 Å². The topological polar surface area (TPSA) is 78.5 Å². The molecule has 0 radical (unpaired) electrons. The third-order valence-electron chi connectivity index (χ3n) is 4.22. The van der Waals surface area contributed by atoms with Crippen LogP contribution in [0, 0.1) is 11.8 Å². The monoisotopic (exact) mass is 335 g/mol. The van der Waals surface area contributed by atoms with Gasteiger partial charge >= 0.3 is 0 Å². The first kappa shape index (κ1) is 16.0. The third-order valence-corrected chi connectivity index (χ3v) is 5.08. The molecular weight excluding hydrogens is 314 g/mol. The number of carbonyl (C=O) groups is 3. The maximum atomic E-state index is 12.1. The van der Waals surface area contributed by atoms with Crippen molar-refractivity contribution in [1.29, 1.82) is 0 Å². The molecule has 1 saturated heterocycles. The summed E-state index contributed by atoms with van der Waals surface area (Å²) in [6, 6.07) is 3.59. The third kappa shape index (κ3) is 4.31. The Morgan fingerprint density at radius 2 is 2.04 bits per heavy atom. The van der Waals surface area contributed by atoms with Crippen LogP contribution in [0.25, 0.3) is 0 Å². The van der Waals surface area contributed by atoms with Crippen molar-refractivity contribution in [3.63, 3.8) is 0 Å². The van der Waals surface area contributed by atoms with E-state index in [0.29, 0.717) is 36.9 Å². The van der Waals surface area contributed by atoms with E-state index in [1.807, 2.05) is 16.3 Å². The van der Waals surface area contributed by atoms with Gasteiger partial charge in [-0.1, -0.05) is 6.07 Å². The molecule has 7 heteroatoms. The number of hydrogen-bond donors (Lipinski definition) is 2. The predicted molar refractivity (Wildman–Crippen MR) is 87.1 cm³/mol. The predicted octanol–water partition coefficient (Wildman–Crippen LogP) is 0.853. The average molecular weight is 335 g/mol. The fourth-order valence-corrected chi connectivity index (χ4v) is 3.38. The Hall–Kier alpha value is -1.89. The van der Waals surface area contributed by atoms with Crippen molar-refractivity contribution in [3.05, 3.63) is 22.4 Å². The first-order valence-corrected chi connectivity index (χ1v) is 8.88. The molecule has 3 amide bonds. The molecule has 0 bridgehead atoms. The van der Waals surface area contributed by atoms with Gasteiger partial charge in [0.05, 0.1) is 10.8 Å². The Kier molecular flexibility index (Phi) is 4.95. The standard InChI is InChI=1S/C16H21N3O3S/c20-14-8-12(10-19(14)9-11-3-4-11)15(21)17-5-6-18-16(22)13-2-1-7-23-13/h1-2,7,11-12H,3-6,8-10H2,(H,17,21)(H,18,22)/t12-/m1/s1. The Morgan fingerprint density at radius 3 is 2.74 bits per heavy atom. The second-order valence-electron chi connectivity index (χ2n) is 6.17. The van der Waals surface area contributed by atoms with Crippen molar-refractivity contribution in [1.82, 2.24) is 15.5 Å². The first-order chi connectivity index (χ1) is 11.1. The molecule has 2 N–H and O–H groups in total. The highest BCUT2D eigenvalue weighted by Crippen LogP contribution is 2.31. The number of likely N-dealkylation sites (tertiary alicyclic amines) is 1. The van der Waals surface area contributed by atoms with E-state index in [-0.39, 0.29) is 23.6 Å². The van der Waals surface area contributed by atoms with Gasteiger partial charge in [0.15, 0.2) is 0 Å². The SMILES string of the molecule is O=C(NCCNC(=O)[C@@H]1CC(=O)N(CC2CC2)C1)c1cccs1. The maximum absolute atomic E-state index is 12.1. The summed E-state index contributed by atoms with van der Waals surface area (Å²) in [5.41, 5.74) is 0. The minimum absolute atomic E-state index is 0.0862. The molecule has 1 aromatic rings. The highest BCUT2D eigenvalue weighted by Gasteiger charge is 2.36. The van der Waals surface area contributed by atoms with Crippen LogP contribution in [0.4, 0.5) is 0 Å². The zero-order valence-electron chi connectivity index (χ0n) is 12.9. The quantitative estimate of drug-likeness (QED) is 0.725. The summed E-state index contributed by atoms with van der Waals surface area (Å²) in [5.74, 6) is 0.258. The number of carbonyl (C=O) groups excluding carboxylic acids is 3. The molecular formula is C16H21N3O3S. The summed E-state index contributed by atoms with van der Waals surface area (Å²) in [6.07, 6.45) is 2.70. The summed E-state index contributed by atoms with van der Waals surface area (Å²) < 4.78 is 0. The molecule has 1 atom stereocenters. The van der Waals surface area contributed by atoms with Gasteiger partial charge in [-0.25, -0.2) is 0 Å². The van der Waals surface area contributed by atoms with Crippen molar-refractivity contribution >= 4 is 29.1 Å². The lowest BCUT2D eigenvalue weighted by atomic mass is 10.1. The van der Waals surface area contributed by atoms with Crippen LogP contribution in [0.1, 0.15) is 28.9 Å². The number of thiophene rings is 1. The molecule has 1 aromatic heterocycles. The maximum Gasteiger partial charge on any atom is 0.261 e. The van der Waals surface area contributed by atoms with Gasteiger partial charge in [-0.3, -0.25) is 14.4 Å². The summed E-state index contributed by atoms with van der Waals surface area (Å²) in [7, 11) is 0. The largest absolute Gasteiger partial charge is 0.354 e. The van der Waals surface area contributed by atoms with Gasteiger partial charge in [-0.05, 0) is 30.2 Å². The molecule has 0 spiro atoms. The van der Waals surface area contributed by atoms with Crippen LogP contribution in [-0.4, -0.2) is 48.8 Å². The molecule has 2 aliphatic rings. The molecule has 1 saturated carbocycles. The summed E-state index contributed by atoms with van der Waals surface area (Å²) in [5, 5.41) is 7.42. The second kappa shape index (κ2) is 7.12. The molecule has 0 aromatic carbocycles. The van der Waals surface area contributed by atoms with Crippen LogP contribution in [0.3, 0.4) is 0 Å². The van der Waals surface area contributed by atoms with Gasteiger partial charge in [0.25, 0.3) is 5.91 Å². The minimum Gasteiger partial charge on any atom is -0.354 e. The normalized spacial score (nSPS) is 20.6. The van der Waals surface area contributed by atoms with Crippen LogP contribution in [0.2, 0.25) is 0 Å². The van der Waals surface area contributed by atoms with Crippen LogP contribution in [-0.2, 0) is 9.59 Å². The van der Waals surface area contributed by atoms with Gasteiger partial charge in [-0.15, -0.1) is 11.3 Å².